The molecule has 0 aromatic carbocycles. The van der Waals surface area contributed by atoms with E-state index in [1.807, 2.05) is 0 Å². The van der Waals surface area contributed by atoms with Gasteiger partial charge in [0.15, 0.2) is 5.82 Å². The van der Waals surface area contributed by atoms with Crippen LogP contribution in [0.3, 0.4) is 0 Å². The topological polar surface area (TPSA) is 50.7 Å². The molecule has 0 unspecified atom stereocenters. The molecule has 0 aliphatic carbocycles. The third-order valence-electron chi connectivity index (χ3n) is 2.54. The van der Waals surface area contributed by atoms with Crippen LogP contribution in [0.4, 0.5) is 17.6 Å². The van der Waals surface area contributed by atoms with Crippen LogP contribution in [0.15, 0.2) is 23.1 Å². The van der Waals surface area contributed by atoms with Crippen LogP contribution in [0.5, 0.6) is 0 Å². The summed E-state index contributed by atoms with van der Waals surface area (Å²) in [5, 5.41) is 2.85. The molecule has 0 saturated heterocycles. The first-order valence-electron chi connectivity index (χ1n) is 5.72. The summed E-state index contributed by atoms with van der Waals surface area (Å²) in [5.41, 5.74) is 0.748. The number of nitrogens with zero attached hydrogens (tertiary/aromatic N) is 3. The second-order valence-electron chi connectivity index (χ2n) is 4.09. The van der Waals surface area contributed by atoms with Crippen molar-refractivity contribution < 1.29 is 17.6 Å². The SMILES string of the molecule is CNCc1cc(-c2cnc(C(F)(F)F)nc2)c(F)c(Br)n1. The standard InChI is InChI=1S/C12H9BrF4N4/c1-18-5-7-2-8(9(14)10(13)21-7)6-3-19-11(20-4-6)12(15,16)17/h2-4,18H,5H2,1H3. The van der Waals surface area contributed by atoms with Gasteiger partial charge < -0.3 is 5.32 Å². The predicted molar refractivity (Wildman–Crippen MR) is 70.7 cm³/mol. The third-order valence-corrected chi connectivity index (χ3v) is 3.07. The van der Waals surface area contributed by atoms with Crippen LogP contribution < -0.4 is 5.32 Å². The van der Waals surface area contributed by atoms with Gasteiger partial charge in [0.2, 0.25) is 5.82 Å². The fourth-order valence-corrected chi connectivity index (χ4v) is 2.09. The van der Waals surface area contributed by atoms with Crippen molar-refractivity contribution in [1.82, 2.24) is 20.3 Å². The molecule has 9 heteroatoms. The molecule has 0 saturated carbocycles. The molecule has 112 valence electrons. The Morgan fingerprint density at radius 2 is 1.86 bits per heavy atom. The van der Waals surface area contributed by atoms with Gasteiger partial charge in [-0.3, -0.25) is 0 Å². The normalized spacial score (nSPS) is 11.7. The highest BCUT2D eigenvalue weighted by Crippen LogP contribution is 2.29. The van der Waals surface area contributed by atoms with Crippen LogP contribution in [-0.2, 0) is 12.7 Å². The van der Waals surface area contributed by atoms with Gasteiger partial charge in [-0.2, -0.15) is 13.2 Å². The van der Waals surface area contributed by atoms with Crippen LogP contribution in [0.25, 0.3) is 11.1 Å². The Hall–Kier alpha value is -1.61. The van der Waals surface area contributed by atoms with E-state index in [1.54, 1.807) is 7.05 Å². The van der Waals surface area contributed by atoms with E-state index in [0.29, 0.717) is 12.2 Å². The average molecular weight is 365 g/mol. The molecule has 0 aliphatic rings. The zero-order valence-corrected chi connectivity index (χ0v) is 12.3. The lowest BCUT2D eigenvalue weighted by Gasteiger charge is -2.09. The summed E-state index contributed by atoms with van der Waals surface area (Å²) in [6.07, 6.45) is -2.76. The van der Waals surface area contributed by atoms with Gasteiger partial charge in [0.1, 0.15) is 4.60 Å². The third kappa shape index (κ3) is 3.53. The molecule has 4 nitrogen and oxygen atoms in total. The molecule has 0 aliphatic heterocycles. The first-order valence-corrected chi connectivity index (χ1v) is 6.51. The number of aromatic nitrogens is 3. The molecule has 2 rings (SSSR count). The zero-order valence-electron chi connectivity index (χ0n) is 10.7. The molecule has 2 aromatic rings. The number of hydrogen-bond acceptors (Lipinski definition) is 4. The molecule has 0 fully saturated rings. The summed E-state index contributed by atoms with van der Waals surface area (Å²) in [4.78, 5) is 10.4. The number of hydrogen-bond donors (Lipinski definition) is 1. The summed E-state index contributed by atoms with van der Waals surface area (Å²) in [6.45, 7) is 0.382. The molecule has 0 spiro atoms. The minimum absolute atomic E-state index is 0.0230. The predicted octanol–water partition coefficient (Wildman–Crippen LogP) is 3.18. The maximum atomic E-state index is 14.0. The largest absolute Gasteiger partial charge is 0.451 e. The van der Waals surface area contributed by atoms with E-state index in [4.69, 9.17) is 0 Å². The van der Waals surface area contributed by atoms with E-state index in [9.17, 15) is 17.6 Å². The van der Waals surface area contributed by atoms with Crippen LogP contribution >= 0.6 is 15.9 Å². The first-order chi connectivity index (χ1) is 9.82. The Morgan fingerprint density at radius 3 is 2.38 bits per heavy atom. The molecule has 2 aromatic heterocycles. The Bertz CT molecular complexity index is 643. The maximum absolute atomic E-state index is 14.0. The molecule has 0 bridgehead atoms. The molecule has 21 heavy (non-hydrogen) atoms. The van der Waals surface area contributed by atoms with Crippen molar-refractivity contribution >= 4 is 15.9 Å². The van der Waals surface area contributed by atoms with Crippen molar-refractivity contribution in [3.05, 3.63) is 40.4 Å². The van der Waals surface area contributed by atoms with E-state index < -0.39 is 17.8 Å². The summed E-state index contributed by atoms with van der Waals surface area (Å²) < 4.78 is 51.2. The summed E-state index contributed by atoms with van der Waals surface area (Å²) >= 11 is 2.98. The van der Waals surface area contributed by atoms with E-state index >= 15 is 0 Å². The van der Waals surface area contributed by atoms with E-state index in [1.165, 1.54) is 6.07 Å². The second kappa shape index (κ2) is 6.02. The molecule has 1 N–H and O–H groups in total. The van der Waals surface area contributed by atoms with Crippen molar-refractivity contribution in [2.75, 3.05) is 7.05 Å². The lowest BCUT2D eigenvalue weighted by molar-refractivity contribution is -0.144. The van der Waals surface area contributed by atoms with E-state index in [-0.39, 0.29) is 15.7 Å². The van der Waals surface area contributed by atoms with Gasteiger partial charge in [0.25, 0.3) is 0 Å². The quantitative estimate of drug-likeness (QED) is 0.671. The Kier molecular flexibility index (Phi) is 4.52. The van der Waals surface area contributed by atoms with Crippen molar-refractivity contribution in [2.45, 2.75) is 12.7 Å². The maximum Gasteiger partial charge on any atom is 0.451 e. The summed E-state index contributed by atoms with van der Waals surface area (Å²) in [6, 6.07) is 1.43. The molecule has 2 heterocycles. The fraction of sp³-hybridized carbons (Fsp3) is 0.250. The number of alkyl halides is 3. The fourth-order valence-electron chi connectivity index (χ4n) is 1.64. The number of halogens is 5. The van der Waals surface area contributed by atoms with Gasteiger partial charge in [-0.1, -0.05) is 0 Å². The molecule has 0 amide bonds. The second-order valence-corrected chi connectivity index (χ2v) is 4.84. The van der Waals surface area contributed by atoms with Gasteiger partial charge in [0.05, 0.1) is 5.69 Å². The van der Waals surface area contributed by atoms with Gasteiger partial charge in [-0.15, -0.1) is 0 Å². The van der Waals surface area contributed by atoms with Gasteiger partial charge in [-0.05, 0) is 29.0 Å². The Balaban J connectivity index is 2.46. The lowest BCUT2D eigenvalue weighted by Crippen LogP contribution is -2.11. The van der Waals surface area contributed by atoms with E-state index in [0.717, 1.165) is 12.4 Å². The smallest absolute Gasteiger partial charge is 0.314 e. The summed E-state index contributed by atoms with van der Waals surface area (Å²) in [7, 11) is 1.69. The monoisotopic (exact) mass is 364 g/mol. The number of nitrogens with one attached hydrogen (secondary N) is 1. The first kappa shape index (κ1) is 15.8. The van der Waals surface area contributed by atoms with Crippen molar-refractivity contribution in [2.24, 2.45) is 0 Å². The van der Waals surface area contributed by atoms with Gasteiger partial charge in [-0.25, -0.2) is 19.3 Å². The number of rotatable bonds is 3. The Morgan fingerprint density at radius 1 is 1.24 bits per heavy atom. The zero-order chi connectivity index (χ0) is 15.6. The van der Waals surface area contributed by atoms with Crippen LogP contribution in [0.1, 0.15) is 11.5 Å². The van der Waals surface area contributed by atoms with Crippen LogP contribution in [0, 0.1) is 5.82 Å². The molecule has 0 radical (unpaired) electrons. The highest BCUT2D eigenvalue weighted by molar-refractivity contribution is 9.10. The highest BCUT2D eigenvalue weighted by atomic mass is 79.9. The number of pyridine rings is 1. The molecule has 0 atom stereocenters. The van der Waals surface area contributed by atoms with Crippen molar-refractivity contribution in [3.63, 3.8) is 0 Å². The van der Waals surface area contributed by atoms with Crippen LogP contribution in [-0.4, -0.2) is 22.0 Å². The molecular formula is C12H9BrF4N4. The van der Waals surface area contributed by atoms with E-state index in [2.05, 4.69) is 36.2 Å². The molecular weight excluding hydrogens is 356 g/mol. The van der Waals surface area contributed by atoms with Crippen LogP contribution in [0.2, 0.25) is 0 Å². The highest BCUT2D eigenvalue weighted by Gasteiger charge is 2.34. The minimum Gasteiger partial charge on any atom is -0.314 e. The van der Waals surface area contributed by atoms with Gasteiger partial charge in [0, 0.05) is 30.1 Å². The lowest BCUT2D eigenvalue weighted by atomic mass is 10.1. The Labute approximate surface area is 125 Å². The van der Waals surface area contributed by atoms with Crippen molar-refractivity contribution in [3.8, 4) is 11.1 Å². The minimum atomic E-state index is -4.63. The summed E-state index contributed by atoms with van der Waals surface area (Å²) in [5.74, 6) is -1.95. The van der Waals surface area contributed by atoms with Gasteiger partial charge >= 0.3 is 6.18 Å². The average Bonchev–Trinajstić information content (AvgIpc) is 2.42. The van der Waals surface area contributed by atoms with Crippen molar-refractivity contribution in [1.29, 1.82) is 0 Å².